The number of hydrogen-bond acceptors (Lipinski definition) is 6. The highest BCUT2D eigenvalue weighted by atomic mass is 16.5. The highest BCUT2D eigenvalue weighted by molar-refractivity contribution is 6.07. The first-order chi connectivity index (χ1) is 19.7. The van der Waals surface area contributed by atoms with E-state index in [9.17, 15) is 9.90 Å². The van der Waals surface area contributed by atoms with Gasteiger partial charge in [-0.05, 0) is 31.2 Å². The van der Waals surface area contributed by atoms with E-state index in [0.717, 1.165) is 46.6 Å². The smallest absolute Gasteiger partial charge is 0.324 e. The number of ether oxygens (including phenoxy) is 2. The van der Waals surface area contributed by atoms with E-state index in [0.29, 0.717) is 31.3 Å². The van der Waals surface area contributed by atoms with E-state index in [2.05, 4.69) is 36.3 Å². The first-order valence-corrected chi connectivity index (χ1v) is 14.1. The average Bonchev–Trinajstić information content (AvgIpc) is 3.39. The Balaban J connectivity index is 1.31. The van der Waals surface area contributed by atoms with Gasteiger partial charge in [-0.3, -0.25) is 10.2 Å². The standard InChI is InChI=1S/C32H39N5O4/c1-22-9-11-23(12-10-22)37-30(19-29(35-37)32(2,3)4)34-31(39)33-27-13-14-28(26-8-6-5-7-25(26)27)41-18-16-36-15-17-40-24(20-36)21-38/h5-14,19,24,38H,15-18,20-21H2,1-4H3,(H2,33,34,39). The maximum atomic E-state index is 13.3. The maximum Gasteiger partial charge on any atom is 0.324 e. The molecule has 216 valence electrons. The molecule has 1 unspecified atom stereocenters. The van der Waals surface area contributed by atoms with Gasteiger partial charge < -0.3 is 19.9 Å². The zero-order valence-corrected chi connectivity index (χ0v) is 24.2. The second kappa shape index (κ2) is 12.3. The number of nitrogens with one attached hydrogen (secondary N) is 2. The Labute approximate surface area is 241 Å². The van der Waals surface area contributed by atoms with Crippen LogP contribution in [0.1, 0.15) is 32.0 Å². The van der Waals surface area contributed by atoms with E-state index in [-0.39, 0.29) is 24.2 Å². The lowest BCUT2D eigenvalue weighted by Gasteiger charge is -2.31. The molecule has 41 heavy (non-hydrogen) atoms. The lowest BCUT2D eigenvalue weighted by Crippen LogP contribution is -2.45. The van der Waals surface area contributed by atoms with Crippen molar-refractivity contribution in [3.63, 3.8) is 0 Å². The number of nitrogens with zero attached hydrogens (tertiary/aromatic N) is 3. The van der Waals surface area contributed by atoms with E-state index in [1.807, 2.05) is 73.7 Å². The predicted molar refractivity (Wildman–Crippen MR) is 162 cm³/mol. The first kappa shape index (κ1) is 28.6. The van der Waals surface area contributed by atoms with Crippen LogP contribution in [0.4, 0.5) is 16.3 Å². The molecule has 0 spiro atoms. The van der Waals surface area contributed by atoms with Crippen LogP contribution in [0, 0.1) is 6.92 Å². The largest absolute Gasteiger partial charge is 0.492 e. The molecule has 1 fully saturated rings. The van der Waals surface area contributed by atoms with E-state index in [1.165, 1.54) is 0 Å². The molecule has 4 aromatic rings. The van der Waals surface area contributed by atoms with Crippen molar-refractivity contribution in [2.45, 2.75) is 39.2 Å². The SMILES string of the molecule is Cc1ccc(-n2nc(C(C)(C)C)cc2NC(=O)Nc2ccc(OCCN3CCOC(CO)C3)c3ccccc23)cc1. The third kappa shape index (κ3) is 6.87. The highest BCUT2D eigenvalue weighted by Crippen LogP contribution is 2.32. The van der Waals surface area contributed by atoms with Crippen LogP contribution in [-0.2, 0) is 10.2 Å². The van der Waals surface area contributed by atoms with Crippen molar-refractivity contribution < 1.29 is 19.4 Å². The van der Waals surface area contributed by atoms with Crippen LogP contribution >= 0.6 is 0 Å². The maximum absolute atomic E-state index is 13.3. The van der Waals surface area contributed by atoms with Gasteiger partial charge in [0, 0.05) is 41.9 Å². The van der Waals surface area contributed by atoms with Gasteiger partial charge >= 0.3 is 6.03 Å². The number of aliphatic hydroxyl groups excluding tert-OH is 1. The van der Waals surface area contributed by atoms with Gasteiger partial charge in [0.1, 0.15) is 18.2 Å². The zero-order valence-electron chi connectivity index (χ0n) is 24.2. The Morgan fingerprint density at radius 1 is 1.07 bits per heavy atom. The van der Waals surface area contributed by atoms with Crippen LogP contribution < -0.4 is 15.4 Å². The summed E-state index contributed by atoms with van der Waals surface area (Å²) in [5.74, 6) is 1.35. The van der Waals surface area contributed by atoms with Gasteiger partial charge in [0.05, 0.1) is 36.4 Å². The summed E-state index contributed by atoms with van der Waals surface area (Å²) in [5, 5.41) is 22.0. The van der Waals surface area contributed by atoms with Crippen LogP contribution in [0.5, 0.6) is 5.75 Å². The fraction of sp³-hybridized carbons (Fsp3) is 0.375. The Kier molecular flexibility index (Phi) is 8.58. The molecule has 3 N–H and O–H groups in total. The summed E-state index contributed by atoms with van der Waals surface area (Å²) in [4.78, 5) is 15.5. The molecule has 2 heterocycles. The molecule has 9 heteroatoms. The lowest BCUT2D eigenvalue weighted by molar-refractivity contribution is -0.0547. The number of anilines is 2. The van der Waals surface area contributed by atoms with Crippen LogP contribution in [0.3, 0.4) is 0 Å². The summed E-state index contributed by atoms with van der Waals surface area (Å²) in [6, 6.07) is 21.2. The summed E-state index contributed by atoms with van der Waals surface area (Å²) in [5.41, 5.74) is 3.40. The molecule has 1 atom stereocenters. The topological polar surface area (TPSA) is 101 Å². The number of carbonyl (C=O) groups excluding carboxylic acids is 1. The Morgan fingerprint density at radius 2 is 1.83 bits per heavy atom. The number of aliphatic hydroxyl groups is 1. The van der Waals surface area contributed by atoms with Crippen molar-refractivity contribution in [2.75, 3.05) is 50.1 Å². The van der Waals surface area contributed by atoms with Crippen LogP contribution in [0.25, 0.3) is 16.5 Å². The molecule has 1 aromatic heterocycles. The number of urea groups is 1. The molecule has 5 rings (SSSR count). The number of carbonyl (C=O) groups is 1. The molecule has 0 radical (unpaired) electrons. The summed E-state index contributed by atoms with van der Waals surface area (Å²) >= 11 is 0. The third-order valence-corrected chi connectivity index (χ3v) is 7.22. The van der Waals surface area contributed by atoms with Gasteiger partial charge in [-0.1, -0.05) is 62.7 Å². The predicted octanol–water partition coefficient (Wildman–Crippen LogP) is 5.35. The van der Waals surface area contributed by atoms with Gasteiger partial charge in [0.25, 0.3) is 0 Å². The summed E-state index contributed by atoms with van der Waals surface area (Å²) in [7, 11) is 0. The molecule has 0 aliphatic carbocycles. The molecule has 1 saturated heterocycles. The van der Waals surface area contributed by atoms with E-state index in [4.69, 9.17) is 14.6 Å². The van der Waals surface area contributed by atoms with Crippen molar-refractivity contribution in [2.24, 2.45) is 0 Å². The number of amides is 2. The molecule has 1 aliphatic rings. The molecule has 0 bridgehead atoms. The summed E-state index contributed by atoms with van der Waals surface area (Å²) in [6.45, 7) is 11.7. The fourth-order valence-corrected chi connectivity index (χ4v) is 4.87. The number of morpholine rings is 1. The lowest BCUT2D eigenvalue weighted by atomic mass is 9.92. The normalized spacial score (nSPS) is 16.1. The van der Waals surface area contributed by atoms with Crippen molar-refractivity contribution in [3.8, 4) is 11.4 Å². The van der Waals surface area contributed by atoms with Crippen LogP contribution in [0.15, 0.2) is 66.7 Å². The van der Waals surface area contributed by atoms with Gasteiger partial charge in [0.2, 0.25) is 0 Å². The van der Waals surface area contributed by atoms with Crippen molar-refractivity contribution in [3.05, 3.63) is 78.0 Å². The number of benzene rings is 3. The molecule has 0 saturated carbocycles. The molecule has 2 amide bonds. The summed E-state index contributed by atoms with van der Waals surface area (Å²) in [6.07, 6.45) is -0.142. The molecule has 3 aromatic carbocycles. The van der Waals surface area contributed by atoms with Crippen LogP contribution in [0.2, 0.25) is 0 Å². The highest BCUT2D eigenvalue weighted by Gasteiger charge is 2.22. The Hall–Kier alpha value is -3.92. The Bertz CT molecular complexity index is 1490. The molecular formula is C32H39N5O4. The second-order valence-corrected chi connectivity index (χ2v) is 11.5. The quantitative estimate of drug-likeness (QED) is 0.270. The van der Waals surface area contributed by atoms with E-state index < -0.39 is 0 Å². The average molecular weight is 558 g/mol. The van der Waals surface area contributed by atoms with E-state index >= 15 is 0 Å². The number of hydrogen-bond donors (Lipinski definition) is 3. The van der Waals surface area contributed by atoms with E-state index in [1.54, 1.807) is 4.68 Å². The molecular weight excluding hydrogens is 518 g/mol. The minimum Gasteiger partial charge on any atom is -0.492 e. The van der Waals surface area contributed by atoms with Gasteiger partial charge in [0.15, 0.2) is 0 Å². The summed E-state index contributed by atoms with van der Waals surface area (Å²) < 4.78 is 13.5. The number of aryl methyl sites for hydroxylation is 1. The first-order valence-electron chi connectivity index (χ1n) is 14.1. The zero-order chi connectivity index (χ0) is 29.0. The second-order valence-electron chi connectivity index (χ2n) is 11.5. The number of fused-ring (bicyclic) bond motifs is 1. The third-order valence-electron chi connectivity index (χ3n) is 7.22. The number of rotatable bonds is 8. The van der Waals surface area contributed by atoms with Gasteiger partial charge in [-0.2, -0.15) is 5.10 Å². The van der Waals surface area contributed by atoms with Gasteiger partial charge in [-0.15, -0.1) is 0 Å². The van der Waals surface area contributed by atoms with Crippen molar-refractivity contribution in [1.29, 1.82) is 0 Å². The minimum absolute atomic E-state index is 0.0239. The number of aromatic nitrogens is 2. The molecule has 1 aliphatic heterocycles. The van der Waals surface area contributed by atoms with Gasteiger partial charge in [-0.25, -0.2) is 9.48 Å². The fourth-order valence-electron chi connectivity index (χ4n) is 4.87. The molecule has 9 nitrogen and oxygen atoms in total. The monoisotopic (exact) mass is 557 g/mol. The minimum atomic E-state index is -0.358. The van der Waals surface area contributed by atoms with Crippen molar-refractivity contribution >= 4 is 28.3 Å². The van der Waals surface area contributed by atoms with Crippen LogP contribution in [-0.4, -0.2) is 71.4 Å². The Morgan fingerprint density at radius 3 is 2.56 bits per heavy atom. The van der Waals surface area contributed by atoms with Crippen molar-refractivity contribution in [1.82, 2.24) is 14.7 Å².